The van der Waals surface area contributed by atoms with Crippen LogP contribution in [0.15, 0.2) is 24.3 Å². The van der Waals surface area contributed by atoms with Gasteiger partial charge in [-0.1, -0.05) is 24.3 Å². The first-order chi connectivity index (χ1) is 14.8. The molecule has 5 N–H and O–H groups in total. The Kier molecular flexibility index (Phi) is 4.16. The molecule has 0 unspecified atom stereocenters. The molecule has 1 fully saturated rings. The average molecular weight is 419 g/mol. The number of amides is 1. The highest BCUT2D eigenvalue weighted by Gasteiger charge is 2.41. The zero-order valence-corrected chi connectivity index (χ0v) is 16.9. The van der Waals surface area contributed by atoms with Crippen molar-refractivity contribution >= 4 is 28.2 Å². The van der Waals surface area contributed by atoms with E-state index >= 15 is 0 Å². The molecule has 31 heavy (non-hydrogen) atoms. The molecule has 0 radical (unpaired) electrons. The number of aromatic hydroxyl groups is 2. The summed E-state index contributed by atoms with van der Waals surface area (Å²) in [5.41, 5.74) is 5.82. The predicted molar refractivity (Wildman–Crippen MR) is 113 cm³/mol. The molecule has 1 saturated heterocycles. The molecule has 158 valence electrons. The number of ketones is 2. The molecule has 0 spiro atoms. The Hall–Kier alpha value is -3.65. The van der Waals surface area contributed by atoms with Crippen molar-refractivity contribution in [1.29, 1.82) is 0 Å². The molecule has 1 aliphatic carbocycles. The third-order valence-electron chi connectivity index (χ3n) is 6.30. The van der Waals surface area contributed by atoms with E-state index in [1.165, 1.54) is 0 Å². The van der Waals surface area contributed by atoms with Gasteiger partial charge in [0.05, 0.1) is 27.9 Å². The summed E-state index contributed by atoms with van der Waals surface area (Å²) in [5.74, 6) is -2.39. The van der Waals surface area contributed by atoms with Gasteiger partial charge in [-0.25, -0.2) is 0 Å². The van der Waals surface area contributed by atoms with Crippen molar-refractivity contribution in [1.82, 2.24) is 9.88 Å². The Morgan fingerprint density at radius 2 is 1.55 bits per heavy atom. The van der Waals surface area contributed by atoms with Crippen LogP contribution in [0.4, 0.5) is 0 Å². The number of likely N-dealkylation sites (tertiary alicyclic amines) is 1. The molecule has 0 atom stereocenters. The number of nitrogens with one attached hydrogen (secondary N) is 1. The van der Waals surface area contributed by atoms with Crippen LogP contribution in [0.25, 0.3) is 10.8 Å². The molecule has 8 nitrogen and oxygen atoms in total. The van der Waals surface area contributed by atoms with Crippen LogP contribution in [0.3, 0.4) is 0 Å². The quantitative estimate of drug-likeness (QED) is 0.349. The first-order valence-corrected chi connectivity index (χ1v) is 10.1. The first kappa shape index (κ1) is 19.3. The minimum absolute atomic E-state index is 0.0357. The van der Waals surface area contributed by atoms with Crippen molar-refractivity contribution in [2.24, 2.45) is 5.73 Å². The van der Waals surface area contributed by atoms with Crippen molar-refractivity contribution in [3.05, 3.63) is 57.9 Å². The van der Waals surface area contributed by atoms with E-state index in [0.717, 1.165) is 0 Å². The molecule has 2 heterocycles. The van der Waals surface area contributed by atoms with Gasteiger partial charge in [0, 0.05) is 35.6 Å². The summed E-state index contributed by atoms with van der Waals surface area (Å²) in [4.78, 5) is 44.6. The number of phenols is 2. The Labute approximate surface area is 177 Å². The molecule has 5 rings (SSSR count). The SMILES string of the molecule is Cc1[nH]c2c(c1C(=O)N1CCC(N)CC1)C(=O)c1c(c(O)c3ccccc3c1O)C2=O. The van der Waals surface area contributed by atoms with Crippen molar-refractivity contribution in [2.75, 3.05) is 13.1 Å². The van der Waals surface area contributed by atoms with Gasteiger partial charge in [-0.3, -0.25) is 14.4 Å². The van der Waals surface area contributed by atoms with Crippen LogP contribution in [-0.4, -0.2) is 56.7 Å². The van der Waals surface area contributed by atoms with E-state index in [9.17, 15) is 24.6 Å². The minimum atomic E-state index is -0.662. The van der Waals surface area contributed by atoms with Crippen LogP contribution < -0.4 is 5.73 Å². The highest BCUT2D eigenvalue weighted by Crippen LogP contribution is 2.45. The summed E-state index contributed by atoms with van der Waals surface area (Å²) in [5, 5.41) is 22.1. The van der Waals surface area contributed by atoms with Crippen LogP contribution >= 0.6 is 0 Å². The van der Waals surface area contributed by atoms with Gasteiger partial charge in [0.25, 0.3) is 5.91 Å². The van der Waals surface area contributed by atoms with E-state index in [-0.39, 0.29) is 62.2 Å². The van der Waals surface area contributed by atoms with Gasteiger partial charge in [-0.2, -0.15) is 0 Å². The van der Waals surface area contributed by atoms with Crippen LogP contribution in [0.2, 0.25) is 0 Å². The molecule has 0 bridgehead atoms. The predicted octanol–water partition coefficient (Wildman–Crippen LogP) is 2.23. The molecule has 2 aliphatic rings. The zero-order valence-electron chi connectivity index (χ0n) is 16.9. The Morgan fingerprint density at radius 3 is 2.13 bits per heavy atom. The van der Waals surface area contributed by atoms with Gasteiger partial charge in [-0.05, 0) is 19.8 Å². The van der Waals surface area contributed by atoms with Crippen molar-refractivity contribution in [2.45, 2.75) is 25.8 Å². The molecule has 0 saturated carbocycles. The molecule has 2 aromatic carbocycles. The van der Waals surface area contributed by atoms with E-state index in [2.05, 4.69) is 4.98 Å². The van der Waals surface area contributed by atoms with E-state index < -0.39 is 11.6 Å². The second-order valence-electron chi connectivity index (χ2n) is 8.16. The topological polar surface area (TPSA) is 137 Å². The number of aryl methyl sites for hydroxylation is 1. The lowest BCUT2D eigenvalue weighted by molar-refractivity contribution is 0.0710. The zero-order chi connectivity index (χ0) is 22.0. The maximum atomic E-state index is 13.5. The third-order valence-corrected chi connectivity index (χ3v) is 6.30. The second-order valence-corrected chi connectivity index (χ2v) is 8.16. The number of aromatic nitrogens is 1. The minimum Gasteiger partial charge on any atom is -0.506 e. The van der Waals surface area contributed by atoms with Crippen LogP contribution in [0, 0.1) is 6.92 Å². The number of carbonyl (C=O) groups is 3. The number of piperidine rings is 1. The smallest absolute Gasteiger partial charge is 0.256 e. The Bertz CT molecular complexity index is 1300. The lowest BCUT2D eigenvalue weighted by Gasteiger charge is -2.30. The number of fused-ring (bicyclic) bond motifs is 3. The normalized spacial score (nSPS) is 16.5. The monoisotopic (exact) mass is 419 g/mol. The van der Waals surface area contributed by atoms with Gasteiger partial charge in [0.1, 0.15) is 11.5 Å². The lowest BCUT2D eigenvalue weighted by Crippen LogP contribution is -2.43. The number of phenolic OH excluding ortho intramolecular Hbond substituents is 2. The summed E-state index contributed by atoms with van der Waals surface area (Å²) >= 11 is 0. The molecule has 3 aromatic rings. The highest BCUT2D eigenvalue weighted by molar-refractivity contribution is 6.34. The number of nitrogens with two attached hydrogens (primary N) is 1. The van der Waals surface area contributed by atoms with Crippen molar-refractivity contribution in [3.8, 4) is 11.5 Å². The summed E-state index contributed by atoms with van der Waals surface area (Å²) in [6.45, 7) is 2.56. The summed E-state index contributed by atoms with van der Waals surface area (Å²) in [6, 6.07) is 6.48. The lowest BCUT2D eigenvalue weighted by atomic mass is 9.83. The number of hydrogen-bond donors (Lipinski definition) is 4. The number of carbonyl (C=O) groups excluding carboxylic acids is 3. The van der Waals surface area contributed by atoms with E-state index in [1.807, 2.05) is 0 Å². The number of aromatic amines is 1. The third kappa shape index (κ3) is 2.61. The van der Waals surface area contributed by atoms with E-state index in [4.69, 9.17) is 5.73 Å². The Balaban J connectivity index is 1.70. The second kappa shape index (κ2) is 6.68. The van der Waals surface area contributed by atoms with E-state index in [1.54, 1.807) is 36.1 Å². The van der Waals surface area contributed by atoms with Gasteiger partial charge < -0.3 is 25.8 Å². The average Bonchev–Trinajstić information content (AvgIpc) is 3.12. The number of rotatable bonds is 1. The van der Waals surface area contributed by atoms with Crippen molar-refractivity contribution in [3.63, 3.8) is 0 Å². The van der Waals surface area contributed by atoms with E-state index in [0.29, 0.717) is 31.6 Å². The first-order valence-electron chi connectivity index (χ1n) is 10.1. The number of hydrogen-bond acceptors (Lipinski definition) is 6. The number of benzene rings is 2. The Morgan fingerprint density at radius 1 is 1.00 bits per heavy atom. The molecule has 1 aliphatic heterocycles. The van der Waals surface area contributed by atoms with Crippen LogP contribution in [0.1, 0.15) is 60.9 Å². The maximum absolute atomic E-state index is 13.5. The largest absolute Gasteiger partial charge is 0.506 e. The fourth-order valence-corrected chi connectivity index (χ4v) is 4.64. The molecular weight excluding hydrogens is 398 g/mol. The van der Waals surface area contributed by atoms with Crippen LogP contribution in [0.5, 0.6) is 11.5 Å². The van der Waals surface area contributed by atoms with Gasteiger partial charge in [-0.15, -0.1) is 0 Å². The highest BCUT2D eigenvalue weighted by atomic mass is 16.3. The van der Waals surface area contributed by atoms with Crippen molar-refractivity contribution < 1.29 is 24.6 Å². The number of H-pyrrole nitrogens is 1. The summed E-state index contributed by atoms with van der Waals surface area (Å²) < 4.78 is 0. The molecule has 8 heteroatoms. The van der Waals surface area contributed by atoms with Crippen LogP contribution in [-0.2, 0) is 0 Å². The molecule has 1 amide bonds. The van der Waals surface area contributed by atoms with Gasteiger partial charge in [0.15, 0.2) is 0 Å². The van der Waals surface area contributed by atoms with Gasteiger partial charge >= 0.3 is 0 Å². The fraction of sp³-hybridized carbons (Fsp3) is 0.261. The molecular formula is C23H21N3O5. The van der Waals surface area contributed by atoms with Gasteiger partial charge in [0.2, 0.25) is 11.6 Å². The maximum Gasteiger partial charge on any atom is 0.256 e. The standard InChI is InChI=1S/C23H21N3O5/c1-10-14(23(31)26-8-6-11(24)7-9-26)15-18(25-10)22(30)17-16(21(15)29)19(27)12-4-2-3-5-13(12)20(17)28/h2-5,11,25,27-28H,6-9,24H2,1H3. The summed E-state index contributed by atoms with van der Waals surface area (Å²) in [6.07, 6.45) is 1.32. The fourth-order valence-electron chi connectivity index (χ4n) is 4.64. The molecule has 1 aromatic heterocycles. The number of nitrogens with zero attached hydrogens (tertiary/aromatic N) is 1. The summed E-state index contributed by atoms with van der Waals surface area (Å²) in [7, 11) is 0.